The van der Waals surface area contributed by atoms with Crippen molar-refractivity contribution >= 4 is 27.1 Å². The number of aryl methyl sites for hydroxylation is 1. The molecular formula is C20H24FNO3S2. The fraction of sp³-hybridized carbons (Fsp3) is 0.450. The zero-order chi connectivity index (χ0) is 19.4. The molecule has 0 radical (unpaired) electrons. The second kappa shape index (κ2) is 8.52. The van der Waals surface area contributed by atoms with E-state index in [2.05, 4.69) is 5.32 Å². The van der Waals surface area contributed by atoms with Crippen LogP contribution in [0.2, 0.25) is 0 Å². The Kier molecular flexibility index (Phi) is 6.32. The molecule has 7 heteroatoms. The Morgan fingerprint density at radius 3 is 2.63 bits per heavy atom. The van der Waals surface area contributed by atoms with E-state index < -0.39 is 20.9 Å². The van der Waals surface area contributed by atoms with Crippen molar-refractivity contribution in [1.29, 1.82) is 0 Å². The molecule has 1 N–H and O–H groups in total. The summed E-state index contributed by atoms with van der Waals surface area (Å²) >= 11 is 1.34. The van der Waals surface area contributed by atoms with E-state index in [9.17, 15) is 17.6 Å². The predicted octanol–water partition coefficient (Wildman–Crippen LogP) is 4.41. The summed E-state index contributed by atoms with van der Waals surface area (Å²) in [6.07, 6.45) is 4.96. The zero-order valence-electron chi connectivity index (χ0n) is 15.3. The number of benzene rings is 1. The van der Waals surface area contributed by atoms with Crippen molar-refractivity contribution < 1.29 is 17.6 Å². The molecule has 27 heavy (non-hydrogen) atoms. The lowest BCUT2D eigenvalue weighted by atomic mass is 9.89. The average molecular weight is 410 g/mol. The molecule has 1 aromatic heterocycles. The molecule has 2 aromatic rings. The van der Waals surface area contributed by atoms with Gasteiger partial charge in [-0.05, 0) is 55.0 Å². The largest absolute Gasteiger partial charge is 0.354 e. The molecule has 1 aliphatic rings. The van der Waals surface area contributed by atoms with E-state index in [1.165, 1.54) is 29.5 Å². The third-order valence-corrected chi connectivity index (χ3v) is 8.35. The van der Waals surface area contributed by atoms with Gasteiger partial charge in [0.1, 0.15) is 11.1 Å². The Bertz CT molecular complexity index is 888. The molecule has 4 nitrogen and oxygen atoms in total. The van der Waals surface area contributed by atoms with Crippen LogP contribution < -0.4 is 5.32 Å². The molecule has 0 bridgehead atoms. The highest BCUT2D eigenvalue weighted by Gasteiger charge is 2.32. The molecule has 3 rings (SSSR count). The highest BCUT2D eigenvalue weighted by Crippen LogP contribution is 2.32. The van der Waals surface area contributed by atoms with Gasteiger partial charge in [0.15, 0.2) is 9.84 Å². The van der Waals surface area contributed by atoms with Gasteiger partial charge in [0.25, 0.3) is 0 Å². The zero-order valence-corrected chi connectivity index (χ0v) is 16.9. The lowest BCUT2D eigenvalue weighted by Gasteiger charge is -2.23. The third-order valence-electron chi connectivity index (χ3n) is 5.13. The van der Waals surface area contributed by atoms with Gasteiger partial charge in [-0.25, -0.2) is 12.8 Å². The molecule has 1 fully saturated rings. The van der Waals surface area contributed by atoms with Crippen LogP contribution >= 0.6 is 11.3 Å². The van der Waals surface area contributed by atoms with E-state index in [4.69, 9.17) is 0 Å². The van der Waals surface area contributed by atoms with Gasteiger partial charge in [-0.15, -0.1) is 11.3 Å². The second-order valence-corrected chi connectivity index (χ2v) is 10.1. The van der Waals surface area contributed by atoms with Crippen LogP contribution in [0.5, 0.6) is 0 Å². The molecule has 146 valence electrons. The predicted molar refractivity (Wildman–Crippen MR) is 105 cm³/mol. The van der Waals surface area contributed by atoms with E-state index in [0.29, 0.717) is 4.88 Å². The number of amides is 1. The van der Waals surface area contributed by atoms with Gasteiger partial charge in [-0.2, -0.15) is 0 Å². The van der Waals surface area contributed by atoms with Gasteiger partial charge >= 0.3 is 0 Å². The number of carbonyl (C=O) groups is 1. The van der Waals surface area contributed by atoms with E-state index >= 15 is 0 Å². The Morgan fingerprint density at radius 1 is 1.26 bits per heavy atom. The van der Waals surface area contributed by atoms with Crippen molar-refractivity contribution in [3.05, 3.63) is 52.0 Å². The van der Waals surface area contributed by atoms with Crippen molar-refractivity contribution in [3.8, 4) is 0 Å². The summed E-state index contributed by atoms with van der Waals surface area (Å²) in [6.45, 7) is 1.56. The summed E-state index contributed by atoms with van der Waals surface area (Å²) in [5, 5.41) is 3.79. The molecule has 0 saturated heterocycles. The van der Waals surface area contributed by atoms with Crippen LogP contribution in [0.25, 0.3) is 0 Å². The fourth-order valence-electron chi connectivity index (χ4n) is 3.50. The number of carbonyl (C=O) groups excluding carboxylic acids is 1. The third kappa shape index (κ3) is 4.58. The Hall–Kier alpha value is -1.73. The van der Waals surface area contributed by atoms with E-state index in [1.807, 2.05) is 5.38 Å². The van der Waals surface area contributed by atoms with Crippen molar-refractivity contribution in [2.45, 2.75) is 49.2 Å². The van der Waals surface area contributed by atoms with Crippen LogP contribution in [-0.4, -0.2) is 20.9 Å². The number of hydrogen-bond acceptors (Lipinski definition) is 4. The van der Waals surface area contributed by atoms with Gasteiger partial charge in [0, 0.05) is 17.3 Å². The Morgan fingerprint density at radius 2 is 2.00 bits per heavy atom. The number of thiophene rings is 1. The first-order chi connectivity index (χ1) is 12.9. The van der Waals surface area contributed by atoms with E-state index in [1.54, 1.807) is 19.1 Å². The van der Waals surface area contributed by atoms with Crippen molar-refractivity contribution in [3.63, 3.8) is 0 Å². The number of nitrogens with one attached hydrogen (secondary N) is 1. The molecule has 0 aliphatic heterocycles. The van der Waals surface area contributed by atoms with Crippen LogP contribution in [-0.2, 0) is 14.6 Å². The second-order valence-electron chi connectivity index (χ2n) is 7.04. The maximum atomic E-state index is 13.6. The summed E-state index contributed by atoms with van der Waals surface area (Å²) in [5.74, 6) is -0.535. The first-order valence-corrected chi connectivity index (χ1v) is 11.6. The summed E-state index contributed by atoms with van der Waals surface area (Å²) in [4.78, 5) is 13.2. The minimum absolute atomic E-state index is 0.0224. The molecule has 1 saturated carbocycles. The molecule has 0 spiro atoms. The minimum atomic E-state index is -3.76. The number of hydrogen-bond donors (Lipinski definition) is 1. The standard InChI is InChI=1S/C20H24FNO3S2/c1-14-12-16(9-10-17(14)21)27(24,25)19(18-8-5-11-26-18)13-22-20(23)15-6-3-2-4-7-15/h5,8-12,15,19H,2-4,6-7,13H2,1H3,(H,22,23)/t19-/m0/s1. The fourth-order valence-corrected chi connectivity index (χ4v) is 6.37. The van der Waals surface area contributed by atoms with E-state index in [-0.39, 0.29) is 28.8 Å². The van der Waals surface area contributed by atoms with Crippen LogP contribution in [0, 0.1) is 18.7 Å². The summed E-state index contributed by atoms with van der Waals surface area (Å²) < 4.78 is 40.0. The van der Waals surface area contributed by atoms with Crippen molar-refractivity contribution in [2.75, 3.05) is 6.54 Å². The maximum Gasteiger partial charge on any atom is 0.223 e. The van der Waals surface area contributed by atoms with Gasteiger partial charge in [-0.3, -0.25) is 4.79 Å². The van der Waals surface area contributed by atoms with Crippen LogP contribution in [0.1, 0.15) is 47.8 Å². The van der Waals surface area contributed by atoms with Gasteiger partial charge in [-0.1, -0.05) is 25.3 Å². The van der Waals surface area contributed by atoms with Crippen LogP contribution in [0.15, 0.2) is 40.6 Å². The maximum absolute atomic E-state index is 13.6. The Balaban J connectivity index is 1.83. The lowest BCUT2D eigenvalue weighted by molar-refractivity contribution is -0.125. The topological polar surface area (TPSA) is 63.2 Å². The van der Waals surface area contributed by atoms with Crippen molar-refractivity contribution in [2.24, 2.45) is 5.92 Å². The number of sulfone groups is 1. The monoisotopic (exact) mass is 409 g/mol. The van der Waals surface area contributed by atoms with Gasteiger partial charge < -0.3 is 5.32 Å². The van der Waals surface area contributed by atoms with E-state index in [0.717, 1.165) is 32.1 Å². The summed E-state index contributed by atoms with van der Waals surface area (Å²) in [6, 6.07) is 7.38. The summed E-state index contributed by atoms with van der Waals surface area (Å²) in [5.41, 5.74) is 0.284. The normalized spacial score (nSPS) is 16.8. The highest BCUT2D eigenvalue weighted by molar-refractivity contribution is 7.91. The number of halogens is 1. The smallest absolute Gasteiger partial charge is 0.223 e. The lowest BCUT2D eigenvalue weighted by Crippen LogP contribution is -2.36. The Labute approximate surface area is 163 Å². The molecule has 0 unspecified atom stereocenters. The molecular weight excluding hydrogens is 385 g/mol. The van der Waals surface area contributed by atoms with Gasteiger partial charge in [0.05, 0.1) is 4.90 Å². The molecule has 1 amide bonds. The first kappa shape index (κ1) is 20.0. The molecule has 1 aromatic carbocycles. The van der Waals surface area contributed by atoms with Crippen molar-refractivity contribution in [1.82, 2.24) is 5.32 Å². The average Bonchev–Trinajstić information content (AvgIpc) is 3.18. The highest BCUT2D eigenvalue weighted by atomic mass is 32.2. The van der Waals surface area contributed by atoms with Crippen LogP contribution in [0.3, 0.4) is 0 Å². The quantitative estimate of drug-likeness (QED) is 0.719. The number of rotatable bonds is 6. The summed E-state index contributed by atoms with van der Waals surface area (Å²) in [7, 11) is -3.76. The minimum Gasteiger partial charge on any atom is -0.354 e. The molecule has 1 heterocycles. The van der Waals surface area contributed by atoms with Crippen LogP contribution in [0.4, 0.5) is 4.39 Å². The molecule has 1 aliphatic carbocycles. The SMILES string of the molecule is Cc1cc(S(=O)(=O)[C@@H](CNC(=O)C2CCCCC2)c2cccs2)ccc1F. The van der Waals surface area contributed by atoms with Gasteiger partial charge in [0.2, 0.25) is 5.91 Å². The molecule has 1 atom stereocenters. The first-order valence-electron chi connectivity index (χ1n) is 9.21.